The lowest BCUT2D eigenvalue weighted by Crippen LogP contribution is -2.49. The number of aryl methyl sites for hydroxylation is 1. The van der Waals surface area contributed by atoms with E-state index in [9.17, 15) is 4.79 Å². The molecule has 27 heavy (non-hydrogen) atoms. The van der Waals surface area contributed by atoms with Crippen molar-refractivity contribution in [1.82, 2.24) is 34.5 Å². The fourth-order valence-electron chi connectivity index (χ4n) is 3.07. The third-order valence-corrected chi connectivity index (χ3v) is 5.26. The molecule has 1 amide bonds. The summed E-state index contributed by atoms with van der Waals surface area (Å²) in [7, 11) is 0. The number of carbonyl (C=O) groups is 1. The second-order valence-corrected chi connectivity index (χ2v) is 7.03. The molecule has 0 unspecified atom stereocenters. The van der Waals surface area contributed by atoms with E-state index in [2.05, 4.69) is 36.7 Å². The van der Waals surface area contributed by atoms with Gasteiger partial charge in [-0.2, -0.15) is 5.10 Å². The Labute approximate surface area is 160 Å². The lowest BCUT2D eigenvalue weighted by atomic mass is 10.2. The first-order valence-electron chi connectivity index (χ1n) is 8.95. The van der Waals surface area contributed by atoms with Gasteiger partial charge in [-0.3, -0.25) is 4.79 Å². The van der Waals surface area contributed by atoms with Crippen LogP contribution in [0.2, 0.25) is 0 Å². The summed E-state index contributed by atoms with van der Waals surface area (Å²) >= 11 is 1.19. The summed E-state index contributed by atoms with van der Waals surface area (Å²) in [6.07, 6.45) is 5.27. The number of anilines is 1. The third-order valence-electron chi connectivity index (χ3n) is 4.50. The van der Waals surface area contributed by atoms with Crippen molar-refractivity contribution in [3.63, 3.8) is 0 Å². The van der Waals surface area contributed by atoms with Gasteiger partial charge in [0.15, 0.2) is 11.6 Å². The van der Waals surface area contributed by atoms with E-state index in [4.69, 9.17) is 0 Å². The number of carbonyl (C=O) groups excluding carboxylic acids is 1. The van der Waals surface area contributed by atoms with Crippen LogP contribution in [0.5, 0.6) is 0 Å². The Morgan fingerprint density at radius 1 is 1.11 bits per heavy atom. The molecule has 1 aliphatic rings. The van der Waals surface area contributed by atoms with Gasteiger partial charge in [0.25, 0.3) is 5.91 Å². The highest BCUT2D eigenvalue weighted by atomic mass is 32.1. The summed E-state index contributed by atoms with van der Waals surface area (Å²) in [5, 5.41) is 16.8. The Hall–Kier alpha value is -2.88. The molecule has 0 atom stereocenters. The molecule has 0 bridgehead atoms. The molecule has 4 heterocycles. The van der Waals surface area contributed by atoms with Crippen molar-refractivity contribution in [3.8, 4) is 5.82 Å². The van der Waals surface area contributed by atoms with Gasteiger partial charge in [-0.15, -0.1) is 15.3 Å². The van der Waals surface area contributed by atoms with Gasteiger partial charge in [0.05, 0.1) is 5.69 Å². The van der Waals surface area contributed by atoms with Gasteiger partial charge in [0.1, 0.15) is 4.88 Å². The largest absolute Gasteiger partial charge is 0.352 e. The van der Waals surface area contributed by atoms with Gasteiger partial charge in [-0.05, 0) is 36.2 Å². The molecule has 10 heteroatoms. The number of nitrogens with zero attached hydrogens (tertiary/aromatic N) is 8. The highest BCUT2D eigenvalue weighted by Crippen LogP contribution is 2.19. The van der Waals surface area contributed by atoms with Crippen molar-refractivity contribution in [2.75, 3.05) is 31.1 Å². The number of aromatic nitrogens is 6. The minimum Gasteiger partial charge on any atom is -0.352 e. The summed E-state index contributed by atoms with van der Waals surface area (Å²) in [5.74, 6) is 1.52. The smallest absolute Gasteiger partial charge is 0.267 e. The minimum absolute atomic E-state index is 0.0354. The molecule has 0 aliphatic carbocycles. The Kier molecular flexibility index (Phi) is 5.05. The van der Waals surface area contributed by atoms with E-state index in [0.717, 1.165) is 37.4 Å². The molecule has 1 saturated heterocycles. The summed E-state index contributed by atoms with van der Waals surface area (Å²) in [4.78, 5) is 17.5. The number of amides is 1. The molecule has 0 saturated carbocycles. The first-order chi connectivity index (χ1) is 13.3. The molecule has 0 aromatic carbocycles. The third kappa shape index (κ3) is 3.65. The van der Waals surface area contributed by atoms with Gasteiger partial charge in [0, 0.05) is 38.6 Å². The molecular weight excluding hydrogens is 364 g/mol. The Bertz CT molecular complexity index is 884. The summed E-state index contributed by atoms with van der Waals surface area (Å²) in [5.41, 5.74) is 0.815. The van der Waals surface area contributed by atoms with Gasteiger partial charge < -0.3 is 9.80 Å². The molecule has 0 radical (unpaired) electrons. The van der Waals surface area contributed by atoms with Crippen molar-refractivity contribution in [1.29, 1.82) is 0 Å². The van der Waals surface area contributed by atoms with Crippen LogP contribution in [-0.4, -0.2) is 66.6 Å². The molecule has 1 aliphatic heterocycles. The minimum atomic E-state index is 0.0354. The zero-order chi connectivity index (χ0) is 18.6. The average Bonchev–Trinajstić information content (AvgIpc) is 3.40. The lowest BCUT2D eigenvalue weighted by Gasteiger charge is -2.35. The summed E-state index contributed by atoms with van der Waals surface area (Å²) in [6, 6.07) is 5.68. The van der Waals surface area contributed by atoms with Crippen LogP contribution in [0.3, 0.4) is 0 Å². The molecule has 4 rings (SSSR count). The molecule has 3 aromatic rings. The predicted molar refractivity (Wildman–Crippen MR) is 101 cm³/mol. The number of rotatable bonds is 5. The van der Waals surface area contributed by atoms with Crippen LogP contribution >= 0.6 is 11.5 Å². The van der Waals surface area contributed by atoms with E-state index in [0.29, 0.717) is 23.8 Å². The maximum atomic E-state index is 12.8. The monoisotopic (exact) mass is 384 g/mol. The first kappa shape index (κ1) is 17.5. The maximum Gasteiger partial charge on any atom is 0.267 e. The van der Waals surface area contributed by atoms with Gasteiger partial charge in [0.2, 0.25) is 0 Å². The van der Waals surface area contributed by atoms with E-state index < -0.39 is 0 Å². The molecule has 3 aromatic heterocycles. The second kappa shape index (κ2) is 7.78. The quantitative estimate of drug-likeness (QED) is 0.657. The van der Waals surface area contributed by atoms with Crippen molar-refractivity contribution in [2.45, 2.75) is 19.8 Å². The SMILES string of the molecule is CCCc1nnsc1C(=O)N1CCN(c2ccc(-n3cccn3)nn2)CC1. The van der Waals surface area contributed by atoms with Crippen LogP contribution in [0.4, 0.5) is 5.82 Å². The van der Waals surface area contributed by atoms with Crippen molar-refractivity contribution in [3.05, 3.63) is 41.2 Å². The number of hydrogen-bond donors (Lipinski definition) is 0. The summed E-state index contributed by atoms with van der Waals surface area (Å²) in [6.45, 7) is 4.80. The zero-order valence-corrected chi connectivity index (χ0v) is 15.8. The van der Waals surface area contributed by atoms with Crippen molar-refractivity contribution in [2.24, 2.45) is 0 Å². The normalized spacial score (nSPS) is 14.6. The molecule has 0 N–H and O–H groups in total. The molecule has 140 valence electrons. The van der Waals surface area contributed by atoms with Crippen molar-refractivity contribution < 1.29 is 4.79 Å². The number of piperazine rings is 1. The van der Waals surface area contributed by atoms with E-state index in [1.807, 2.05) is 29.3 Å². The average molecular weight is 384 g/mol. The summed E-state index contributed by atoms with van der Waals surface area (Å²) < 4.78 is 5.63. The maximum absolute atomic E-state index is 12.8. The Morgan fingerprint density at radius 2 is 1.89 bits per heavy atom. The highest BCUT2D eigenvalue weighted by molar-refractivity contribution is 7.08. The Morgan fingerprint density at radius 3 is 2.56 bits per heavy atom. The molecular formula is C17H20N8OS. The fraction of sp³-hybridized carbons (Fsp3) is 0.412. The van der Waals surface area contributed by atoms with Gasteiger partial charge >= 0.3 is 0 Å². The van der Waals surface area contributed by atoms with Crippen LogP contribution < -0.4 is 4.90 Å². The lowest BCUT2D eigenvalue weighted by molar-refractivity contribution is 0.0750. The van der Waals surface area contributed by atoms with Crippen molar-refractivity contribution >= 4 is 23.3 Å². The van der Waals surface area contributed by atoms with E-state index in [1.165, 1.54) is 11.5 Å². The van der Waals surface area contributed by atoms with E-state index in [1.54, 1.807) is 10.9 Å². The Balaban J connectivity index is 1.38. The topological polar surface area (TPSA) is 92.9 Å². The molecule has 0 spiro atoms. The van der Waals surface area contributed by atoms with Crippen LogP contribution in [0.15, 0.2) is 30.6 Å². The zero-order valence-electron chi connectivity index (χ0n) is 15.0. The van der Waals surface area contributed by atoms with Gasteiger partial charge in [-0.1, -0.05) is 17.8 Å². The standard InChI is InChI=1S/C17H20N8OS/c1-2-4-13-16(27-22-19-13)17(26)24-11-9-23(10-12-24)14-5-6-15(21-20-14)25-8-3-7-18-25/h3,5-8H,2,4,9-12H2,1H3. The molecule has 9 nitrogen and oxygen atoms in total. The second-order valence-electron chi connectivity index (χ2n) is 6.28. The van der Waals surface area contributed by atoms with Crippen LogP contribution in [0.1, 0.15) is 28.7 Å². The fourth-order valence-corrected chi connectivity index (χ4v) is 3.74. The van der Waals surface area contributed by atoms with E-state index in [-0.39, 0.29) is 5.91 Å². The molecule has 1 fully saturated rings. The first-order valence-corrected chi connectivity index (χ1v) is 9.73. The number of hydrogen-bond acceptors (Lipinski definition) is 8. The predicted octanol–water partition coefficient (Wildman–Crippen LogP) is 1.43. The van der Waals surface area contributed by atoms with Crippen LogP contribution in [0.25, 0.3) is 5.82 Å². The van der Waals surface area contributed by atoms with Gasteiger partial charge in [-0.25, -0.2) is 4.68 Å². The van der Waals surface area contributed by atoms with Crippen LogP contribution in [0, 0.1) is 0 Å². The van der Waals surface area contributed by atoms with E-state index >= 15 is 0 Å². The van der Waals surface area contributed by atoms with Crippen LogP contribution in [-0.2, 0) is 6.42 Å². The highest BCUT2D eigenvalue weighted by Gasteiger charge is 2.26.